The summed E-state index contributed by atoms with van der Waals surface area (Å²) in [6.45, 7) is 0. The molecule has 1 saturated carbocycles. The largest absolute Gasteiger partial charge is 0.416 e. The van der Waals surface area contributed by atoms with E-state index in [1.165, 1.54) is 23.7 Å². The van der Waals surface area contributed by atoms with Crippen LogP contribution in [0.4, 0.5) is 0 Å². The second-order valence-electron chi connectivity index (χ2n) is 5.81. The number of benzene rings is 1. The minimum absolute atomic E-state index is 0.200. The summed E-state index contributed by atoms with van der Waals surface area (Å²) in [7, 11) is 0. The second kappa shape index (κ2) is 7.79. The van der Waals surface area contributed by atoms with E-state index in [9.17, 15) is 5.11 Å². The third-order valence-electron chi connectivity index (χ3n) is 4.07. The topological polar surface area (TPSA) is 59.2 Å². The molecule has 1 aromatic carbocycles. The van der Waals surface area contributed by atoms with Gasteiger partial charge in [0.15, 0.2) is 0 Å². The maximum Gasteiger partial charge on any atom is 0.276 e. The van der Waals surface area contributed by atoms with Crippen LogP contribution in [0, 0.1) is 0 Å². The molecule has 5 heteroatoms. The predicted octanol–water partition coefficient (Wildman–Crippen LogP) is 3.64. The zero-order chi connectivity index (χ0) is 15.2. The third kappa shape index (κ3) is 4.34. The molecule has 118 valence electrons. The lowest BCUT2D eigenvalue weighted by molar-refractivity contribution is 0.136. The van der Waals surface area contributed by atoms with Gasteiger partial charge in [-0.05, 0) is 31.2 Å². The maximum absolute atomic E-state index is 9.99. The maximum atomic E-state index is 9.99. The summed E-state index contributed by atoms with van der Waals surface area (Å²) in [5.74, 6) is 0.698. The van der Waals surface area contributed by atoms with Crippen molar-refractivity contribution in [3.05, 3.63) is 41.8 Å². The molecule has 22 heavy (non-hydrogen) atoms. The van der Waals surface area contributed by atoms with Crippen LogP contribution in [0.25, 0.3) is 0 Å². The minimum Gasteiger partial charge on any atom is -0.416 e. The molecule has 2 atom stereocenters. The van der Waals surface area contributed by atoms with Gasteiger partial charge in [-0.2, -0.15) is 0 Å². The van der Waals surface area contributed by atoms with E-state index in [1.807, 2.05) is 6.07 Å². The van der Waals surface area contributed by atoms with E-state index in [-0.39, 0.29) is 11.4 Å². The van der Waals surface area contributed by atoms with Crippen LogP contribution in [-0.2, 0) is 12.8 Å². The van der Waals surface area contributed by atoms with Crippen LogP contribution in [0.3, 0.4) is 0 Å². The lowest BCUT2D eigenvalue weighted by Crippen LogP contribution is -2.26. The summed E-state index contributed by atoms with van der Waals surface area (Å²) in [5, 5.41) is 19.0. The van der Waals surface area contributed by atoms with Crippen LogP contribution in [0.1, 0.15) is 43.6 Å². The van der Waals surface area contributed by atoms with Gasteiger partial charge in [-0.25, -0.2) is 0 Å². The van der Waals surface area contributed by atoms with Crippen LogP contribution in [0.5, 0.6) is 0 Å². The molecule has 0 amide bonds. The molecule has 1 heterocycles. The van der Waals surface area contributed by atoms with E-state index in [1.54, 1.807) is 0 Å². The number of thioether (sulfide) groups is 1. The van der Waals surface area contributed by atoms with Crippen molar-refractivity contribution in [1.29, 1.82) is 0 Å². The number of aryl methyl sites for hydroxylation is 2. The number of hydrogen-bond donors (Lipinski definition) is 1. The number of rotatable bonds is 6. The molecule has 1 aromatic heterocycles. The Kier molecular flexibility index (Phi) is 5.51. The van der Waals surface area contributed by atoms with E-state index in [2.05, 4.69) is 34.5 Å². The van der Waals surface area contributed by atoms with Gasteiger partial charge in [-0.15, -0.1) is 10.2 Å². The Bertz CT molecular complexity index is 573. The Morgan fingerprint density at radius 2 is 1.91 bits per heavy atom. The fraction of sp³-hybridized carbons (Fsp3) is 0.529. The fourth-order valence-corrected chi connectivity index (χ4v) is 3.89. The van der Waals surface area contributed by atoms with Crippen LogP contribution in [0.2, 0.25) is 0 Å². The van der Waals surface area contributed by atoms with E-state index >= 15 is 0 Å². The van der Waals surface area contributed by atoms with Gasteiger partial charge in [0.25, 0.3) is 5.22 Å². The summed E-state index contributed by atoms with van der Waals surface area (Å²) in [6.07, 6.45) is 6.78. The second-order valence-corrected chi connectivity index (χ2v) is 7.00. The van der Waals surface area contributed by atoms with E-state index in [0.29, 0.717) is 11.1 Å². The zero-order valence-corrected chi connectivity index (χ0v) is 13.5. The summed E-state index contributed by atoms with van der Waals surface area (Å²) in [4.78, 5) is 0. The van der Waals surface area contributed by atoms with Crippen molar-refractivity contribution in [3.8, 4) is 0 Å². The highest BCUT2D eigenvalue weighted by Gasteiger charge is 2.26. The smallest absolute Gasteiger partial charge is 0.276 e. The highest BCUT2D eigenvalue weighted by molar-refractivity contribution is 7.99. The number of aliphatic hydroxyl groups excluding tert-OH is 1. The molecular formula is C17H22N2O2S. The molecule has 1 aliphatic carbocycles. The van der Waals surface area contributed by atoms with Crippen LogP contribution in [-0.4, -0.2) is 26.7 Å². The van der Waals surface area contributed by atoms with Crippen molar-refractivity contribution >= 4 is 11.8 Å². The van der Waals surface area contributed by atoms with E-state index in [4.69, 9.17) is 4.42 Å². The quantitative estimate of drug-likeness (QED) is 0.881. The van der Waals surface area contributed by atoms with Gasteiger partial charge in [-0.1, -0.05) is 54.9 Å². The first-order valence-electron chi connectivity index (χ1n) is 8.02. The molecule has 0 aliphatic heterocycles. The normalized spacial score (nSPS) is 21.9. The summed E-state index contributed by atoms with van der Waals surface area (Å²) in [6, 6.07) is 10.4. The van der Waals surface area contributed by atoms with Gasteiger partial charge in [0.05, 0.1) is 6.10 Å². The molecule has 1 aliphatic rings. The molecule has 0 saturated heterocycles. The van der Waals surface area contributed by atoms with Crippen molar-refractivity contribution in [3.63, 3.8) is 0 Å². The monoisotopic (exact) mass is 318 g/mol. The van der Waals surface area contributed by atoms with Crippen LogP contribution < -0.4 is 0 Å². The fourth-order valence-electron chi connectivity index (χ4n) is 2.82. The first kappa shape index (κ1) is 15.6. The van der Waals surface area contributed by atoms with Crippen molar-refractivity contribution < 1.29 is 9.52 Å². The first-order valence-corrected chi connectivity index (χ1v) is 8.90. The van der Waals surface area contributed by atoms with Gasteiger partial charge in [0.1, 0.15) is 0 Å². The van der Waals surface area contributed by atoms with Crippen molar-refractivity contribution in [2.75, 3.05) is 0 Å². The van der Waals surface area contributed by atoms with Gasteiger partial charge < -0.3 is 9.52 Å². The number of aliphatic hydroxyl groups is 1. The lowest BCUT2D eigenvalue weighted by Gasteiger charge is -2.25. The van der Waals surface area contributed by atoms with Gasteiger partial charge in [0, 0.05) is 11.7 Å². The summed E-state index contributed by atoms with van der Waals surface area (Å²) >= 11 is 1.53. The molecule has 0 bridgehead atoms. The molecule has 1 N–H and O–H groups in total. The number of nitrogens with zero attached hydrogens (tertiary/aromatic N) is 2. The molecule has 0 radical (unpaired) electrons. The zero-order valence-electron chi connectivity index (χ0n) is 12.6. The SMILES string of the molecule is OC1CCCCC1Sc1nnc(CCCc2ccccc2)o1. The average molecular weight is 318 g/mol. The van der Waals surface area contributed by atoms with Crippen molar-refractivity contribution in [2.24, 2.45) is 0 Å². The van der Waals surface area contributed by atoms with Crippen LogP contribution in [0.15, 0.2) is 40.0 Å². The standard InChI is InChI=1S/C17H22N2O2S/c20-14-10-4-5-11-15(14)22-17-19-18-16(21-17)12-6-9-13-7-2-1-3-8-13/h1-3,7-8,14-15,20H,4-6,9-12H2. The Balaban J connectivity index is 1.46. The Labute approximate surface area is 135 Å². The Morgan fingerprint density at radius 3 is 2.73 bits per heavy atom. The summed E-state index contributed by atoms with van der Waals surface area (Å²) < 4.78 is 5.70. The highest BCUT2D eigenvalue weighted by atomic mass is 32.2. The third-order valence-corrected chi connectivity index (χ3v) is 5.29. The predicted molar refractivity (Wildman–Crippen MR) is 86.9 cm³/mol. The number of hydrogen-bond acceptors (Lipinski definition) is 5. The molecule has 4 nitrogen and oxygen atoms in total. The molecule has 2 aromatic rings. The molecule has 2 unspecified atom stereocenters. The van der Waals surface area contributed by atoms with Crippen molar-refractivity contribution in [2.45, 2.75) is 61.5 Å². The molecule has 1 fully saturated rings. The Hall–Kier alpha value is -1.33. The number of aromatic nitrogens is 2. The highest BCUT2D eigenvalue weighted by Crippen LogP contribution is 2.33. The molecule has 3 rings (SSSR count). The van der Waals surface area contributed by atoms with E-state index in [0.717, 1.165) is 38.5 Å². The Morgan fingerprint density at radius 1 is 1.09 bits per heavy atom. The van der Waals surface area contributed by atoms with E-state index < -0.39 is 0 Å². The molecule has 0 spiro atoms. The lowest BCUT2D eigenvalue weighted by atomic mass is 9.97. The first-order chi connectivity index (χ1) is 10.8. The van der Waals surface area contributed by atoms with Gasteiger partial charge in [0.2, 0.25) is 5.89 Å². The van der Waals surface area contributed by atoms with Gasteiger partial charge >= 0.3 is 0 Å². The summed E-state index contributed by atoms with van der Waals surface area (Å²) in [5.41, 5.74) is 1.34. The minimum atomic E-state index is -0.243. The molecular weight excluding hydrogens is 296 g/mol. The van der Waals surface area contributed by atoms with Crippen molar-refractivity contribution in [1.82, 2.24) is 10.2 Å². The van der Waals surface area contributed by atoms with Crippen LogP contribution >= 0.6 is 11.8 Å². The average Bonchev–Trinajstić information content (AvgIpc) is 2.98. The van der Waals surface area contributed by atoms with Gasteiger partial charge in [-0.3, -0.25) is 0 Å².